The smallest absolute Gasteiger partial charge is 0.332 e. The van der Waals surface area contributed by atoms with Gasteiger partial charge in [0.2, 0.25) is 0 Å². The Morgan fingerprint density at radius 1 is 1.62 bits per heavy atom. The number of halogens is 1. The van der Waals surface area contributed by atoms with E-state index in [-0.39, 0.29) is 0 Å². The fourth-order valence-electron chi connectivity index (χ4n) is 1.08. The van der Waals surface area contributed by atoms with Crippen LogP contribution in [-0.4, -0.2) is 18.1 Å². The van der Waals surface area contributed by atoms with Crippen LogP contribution in [0.2, 0.25) is 5.02 Å². The van der Waals surface area contributed by atoms with Gasteiger partial charge in [0.1, 0.15) is 5.82 Å². The number of carbonyl (C=O) groups excluding carboxylic acids is 1. The summed E-state index contributed by atoms with van der Waals surface area (Å²) < 4.78 is 4.50. The molecular weight excluding hydrogens is 228 g/mol. The van der Waals surface area contributed by atoms with Crippen LogP contribution in [0.3, 0.4) is 0 Å². The molecule has 1 N–H and O–H groups in total. The van der Waals surface area contributed by atoms with Crippen molar-refractivity contribution in [1.29, 1.82) is 0 Å². The number of rotatable bonds is 3. The van der Waals surface area contributed by atoms with Crippen molar-refractivity contribution in [1.82, 2.24) is 4.98 Å². The zero-order chi connectivity index (χ0) is 12.1. The fraction of sp³-hybridized carbons (Fsp3) is 0.273. The molecule has 0 fully saturated rings. The van der Waals surface area contributed by atoms with E-state index in [0.717, 1.165) is 5.56 Å². The predicted octanol–water partition coefficient (Wildman–Crippen LogP) is 2.53. The van der Waals surface area contributed by atoms with E-state index in [9.17, 15) is 4.79 Å². The highest BCUT2D eigenvalue weighted by Crippen LogP contribution is 2.20. The Labute approximate surface area is 99.3 Å². The number of hydrogen-bond acceptors (Lipinski definition) is 4. The van der Waals surface area contributed by atoms with E-state index in [1.165, 1.54) is 13.2 Å². The second kappa shape index (κ2) is 5.51. The summed E-state index contributed by atoms with van der Waals surface area (Å²) in [7, 11) is 1.32. The van der Waals surface area contributed by atoms with Crippen LogP contribution in [0, 0.1) is 6.92 Å². The highest BCUT2D eigenvalue weighted by molar-refractivity contribution is 6.33. The van der Waals surface area contributed by atoms with Gasteiger partial charge >= 0.3 is 5.97 Å². The van der Waals surface area contributed by atoms with E-state index in [2.05, 4.69) is 15.0 Å². The maximum absolute atomic E-state index is 11.0. The van der Waals surface area contributed by atoms with Gasteiger partial charge in [-0.1, -0.05) is 11.6 Å². The number of allylic oxidation sites excluding steroid dienone is 1. The van der Waals surface area contributed by atoms with Crippen LogP contribution in [0.15, 0.2) is 24.0 Å². The lowest BCUT2D eigenvalue weighted by molar-refractivity contribution is -0.134. The van der Waals surface area contributed by atoms with E-state index in [1.54, 1.807) is 19.2 Å². The van der Waals surface area contributed by atoms with Gasteiger partial charge in [-0.05, 0) is 25.5 Å². The lowest BCUT2D eigenvalue weighted by atomic mass is 10.3. The molecule has 0 radical (unpaired) electrons. The summed E-state index contributed by atoms with van der Waals surface area (Å²) in [6, 6.07) is 1.79. The van der Waals surface area contributed by atoms with Gasteiger partial charge in [0, 0.05) is 18.0 Å². The first-order valence-electron chi connectivity index (χ1n) is 4.68. The zero-order valence-electron chi connectivity index (χ0n) is 9.37. The van der Waals surface area contributed by atoms with Crippen molar-refractivity contribution in [2.45, 2.75) is 13.8 Å². The number of methoxy groups -OCH3 is 1. The van der Waals surface area contributed by atoms with Gasteiger partial charge in [0.25, 0.3) is 0 Å². The number of carbonyl (C=O) groups is 1. The lowest BCUT2D eigenvalue weighted by Crippen LogP contribution is -2.03. The monoisotopic (exact) mass is 240 g/mol. The van der Waals surface area contributed by atoms with Crippen molar-refractivity contribution < 1.29 is 9.53 Å². The highest BCUT2D eigenvalue weighted by atomic mass is 35.5. The third-order valence-corrected chi connectivity index (χ3v) is 2.12. The molecule has 1 aromatic heterocycles. The van der Waals surface area contributed by atoms with Crippen LogP contribution in [-0.2, 0) is 9.53 Å². The van der Waals surface area contributed by atoms with E-state index < -0.39 is 5.97 Å². The van der Waals surface area contributed by atoms with Gasteiger partial charge in [0.15, 0.2) is 0 Å². The van der Waals surface area contributed by atoms with Crippen molar-refractivity contribution >= 4 is 23.4 Å². The Balaban J connectivity index is 2.81. The summed E-state index contributed by atoms with van der Waals surface area (Å²) in [4.78, 5) is 15.1. The number of anilines is 1. The average Bonchev–Trinajstić information content (AvgIpc) is 2.22. The molecule has 1 heterocycles. The summed E-state index contributed by atoms with van der Waals surface area (Å²) >= 11 is 5.98. The van der Waals surface area contributed by atoms with Gasteiger partial charge in [-0.25, -0.2) is 9.78 Å². The number of aryl methyl sites for hydroxylation is 1. The second-order valence-electron chi connectivity index (χ2n) is 3.32. The van der Waals surface area contributed by atoms with Crippen LogP contribution in [0.5, 0.6) is 0 Å². The normalized spacial score (nSPS) is 11.1. The number of nitrogens with zero attached hydrogens (tertiary/aromatic N) is 1. The largest absolute Gasteiger partial charge is 0.466 e. The predicted molar refractivity (Wildman–Crippen MR) is 63.4 cm³/mol. The van der Waals surface area contributed by atoms with E-state index >= 15 is 0 Å². The summed E-state index contributed by atoms with van der Waals surface area (Å²) in [5.41, 5.74) is 1.59. The maximum atomic E-state index is 11.0. The Bertz CT molecular complexity index is 430. The molecule has 0 unspecified atom stereocenters. The molecule has 86 valence electrons. The summed E-state index contributed by atoms with van der Waals surface area (Å²) in [6.45, 7) is 3.63. The molecule has 5 heteroatoms. The minimum Gasteiger partial charge on any atom is -0.466 e. The van der Waals surface area contributed by atoms with Gasteiger partial charge < -0.3 is 10.1 Å². The fourth-order valence-corrected chi connectivity index (χ4v) is 1.35. The SMILES string of the molecule is COC(=O)/C=C(\C)Nc1ncc(C)cc1Cl. The Morgan fingerprint density at radius 2 is 2.31 bits per heavy atom. The van der Waals surface area contributed by atoms with Crippen molar-refractivity contribution in [2.75, 3.05) is 12.4 Å². The molecule has 0 atom stereocenters. The molecular formula is C11H13ClN2O2. The minimum absolute atomic E-state index is 0.423. The molecule has 1 aromatic rings. The van der Waals surface area contributed by atoms with Gasteiger partial charge in [-0.3, -0.25) is 0 Å². The number of nitrogens with one attached hydrogen (secondary N) is 1. The topological polar surface area (TPSA) is 51.2 Å². The molecule has 1 rings (SSSR count). The third kappa shape index (κ3) is 3.55. The Hall–Kier alpha value is -1.55. The molecule has 16 heavy (non-hydrogen) atoms. The summed E-state index contributed by atoms with van der Waals surface area (Å²) in [5, 5.41) is 3.43. The van der Waals surface area contributed by atoms with Crippen molar-refractivity contribution in [3.05, 3.63) is 34.6 Å². The quantitative estimate of drug-likeness (QED) is 0.652. The number of aromatic nitrogens is 1. The first-order valence-corrected chi connectivity index (χ1v) is 5.06. The Kier molecular flexibility index (Phi) is 4.31. The first kappa shape index (κ1) is 12.5. The number of esters is 1. The van der Waals surface area contributed by atoms with Gasteiger partial charge in [0.05, 0.1) is 12.1 Å². The van der Waals surface area contributed by atoms with Crippen LogP contribution in [0.4, 0.5) is 5.82 Å². The number of ether oxygens (including phenoxy) is 1. The van der Waals surface area contributed by atoms with E-state index in [1.807, 2.05) is 6.92 Å². The second-order valence-corrected chi connectivity index (χ2v) is 3.73. The molecule has 0 aliphatic rings. The van der Waals surface area contributed by atoms with Crippen LogP contribution in [0.25, 0.3) is 0 Å². The van der Waals surface area contributed by atoms with Crippen LogP contribution < -0.4 is 5.32 Å². The highest BCUT2D eigenvalue weighted by Gasteiger charge is 2.03. The Morgan fingerprint density at radius 3 is 2.88 bits per heavy atom. The summed E-state index contributed by atoms with van der Waals surface area (Å²) in [5.74, 6) is 0.0955. The molecule has 0 saturated heterocycles. The van der Waals surface area contributed by atoms with Crippen molar-refractivity contribution in [3.8, 4) is 0 Å². The van der Waals surface area contributed by atoms with Crippen molar-refractivity contribution in [3.63, 3.8) is 0 Å². The van der Waals surface area contributed by atoms with Crippen LogP contribution in [0.1, 0.15) is 12.5 Å². The minimum atomic E-state index is -0.423. The molecule has 0 saturated carbocycles. The molecule has 0 spiro atoms. The molecule has 0 aliphatic carbocycles. The maximum Gasteiger partial charge on any atom is 0.332 e. The third-order valence-electron chi connectivity index (χ3n) is 1.83. The standard InChI is InChI=1S/C11H13ClN2O2/c1-7-4-9(12)11(13-6-7)14-8(2)5-10(15)16-3/h4-6H,1-3H3,(H,13,14)/b8-5+. The number of pyridine rings is 1. The van der Waals surface area contributed by atoms with E-state index in [4.69, 9.17) is 11.6 Å². The van der Waals surface area contributed by atoms with Crippen LogP contribution >= 0.6 is 11.6 Å². The number of hydrogen-bond donors (Lipinski definition) is 1. The summed E-state index contributed by atoms with van der Waals surface area (Å²) in [6.07, 6.45) is 3.03. The first-order chi connectivity index (χ1) is 7.52. The average molecular weight is 241 g/mol. The van der Waals surface area contributed by atoms with Crippen molar-refractivity contribution in [2.24, 2.45) is 0 Å². The van der Waals surface area contributed by atoms with Gasteiger partial charge in [-0.15, -0.1) is 0 Å². The molecule has 4 nitrogen and oxygen atoms in total. The van der Waals surface area contributed by atoms with Gasteiger partial charge in [-0.2, -0.15) is 0 Å². The molecule has 0 aliphatic heterocycles. The van der Waals surface area contributed by atoms with E-state index in [0.29, 0.717) is 16.5 Å². The molecule has 0 aromatic carbocycles. The molecule has 0 bridgehead atoms. The zero-order valence-corrected chi connectivity index (χ0v) is 10.1. The molecule has 0 amide bonds. The lowest BCUT2D eigenvalue weighted by Gasteiger charge is -2.07.